The van der Waals surface area contributed by atoms with Gasteiger partial charge in [-0.1, -0.05) is 0 Å². The minimum atomic E-state index is -1.08. The van der Waals surface area contributed by atoms with Gasteiger partial charge in [-0.05, 0) is 6.92 Å². The van der Waals surface area contributed by atoms with Gasteiger partial charge < -0.3 is 9.90 Å². The molecule has 0 aliphatic carbocycles. The van der Waals surface area contributed by atoms with Crippen LogP contribution in [0.4, 0.5) is 0 Å². The Kier molecular flexibility index (Phi) is 9.35. The maximum Gasteiger partial charge on any atom is 3.00 e. The maximum atomic E-state index is 8.89. The van der Waals surface area contributed by atoms with Crippen molar-refractivity contribution in [2.75, 3.05) is 0 Å². The second kappa shape index (κ2) is 4.99. The summed E-state index contributed by atoms with van der Waals surface area (Å²) >= 11 is 0. The second-order valence-corrected chi connectivity index (χ2v) is 0.492. The molecule has 0 N–H and O–H groups in total. The van der Waals surface area contributed by atoms with Crippen LogP contribution in [0.25, 0.3) is 0 Å². The third-order valence-electron chi connectivity index (χ3n) is 0. The molecular formula is C2H3O2Yb+2. The van der Waals surface area contributed by atoms with Gasteiger partial charge in [-0.3, -0.25) is 0 Å². The molecule has 5 heavy (non-hydrogen) atoms. The zero-order valence-corrected chi connectivity index (χ0v) is 4.30. The fraction of sp³-hybridized carbons (Fsp3) is 0.500. The number of hydrogen-bond donors (Lipinski definition) is 0. The molecule has 0 heterocycles. The fourth-order valence-electron chi connectivity index (χ4n) is 0. The van der Waals surface area contributed by atoms with Crippen molar-refractivity contribution in [3.8, 4) is 0 Å². The van der Waals surface area contributed by atoms with Crippen LogP contribution in [0, 0.1) is 46.9 Å². The molecule has 0 aromatic heterocycles. The second-order valence-electron chi connectivity index (χ2n) is 0.492. The summed E-state index contributed by atoms with van der Waals surface area (Å²) in [5, 5.41) is 8.89. The molecule has 0 aromatic carbocycles. The Bertz CT molecular complexity index is 30.6. The quantitative estimate of drug-likeness (QED) is 0.524. The maximum absolute atomic E-state index is 8.89. The molecule has 0 bridgehead atoms. The van der Waals surface area contributed by atoms with E-state index < -0.39 is 5.97 Å². The van der Waals surface area contributed by atoms with Crippen molar-refractivity contribution in [3.05, 3.63) is 0 Å². The molecule has 3 heteroatoms. The number of rotatable bonds is 0. The van der Waals surface area contributed by atoms with Gasteiger partial charge in [-0.2, -0.15) is 0 Å². The molecule has 0 rings (SSSR count). The number of carbonyl (C=O) groups is 1. The average molecular weight is 232 g/mol. The topological polar surface area (TPSA) is 40.1 Å². The Morgan fingerprint density at radius 1 is 1.80 bits per heavy atom. The van der Waals surface area contributed by atoms with Crippen molar-refractivity contribution in [2.45, 2.75) is 6.92 Å². The Hall–Kier alpha value is 0.989. The summed E-state index contributed by atoms with van der Waals surface area (Å²) < 4.78 is 0. The number of aliphatic carboxylic acids is 1. The van der Waals surface area contributed by atoms with Crippen LogP contribution < -0.4 is 5.11 Å². The van der Waals surface area contributed by atoms with Gasteiger partial charge in [0.1, 0.15) is 0 Å². The molecule has 35 valence electrons. The van der Waals surface area contributed by atoms with Crippen molar-refractivity contribution < 1.29 is 56.8 Å². The van der Waals surface area contributed by atoms with Gasteiger partial charge in [0.2, 0.25) is 0 Å². The van der Waals surface area contributed by atoms with Crippen LogP contribution in [0.2, 0.25) is 0 Å². The Balaban J connectivity index is 0. The number of carbonyl (C=O) groups excluding carboxylic acids is 1. The van der Waals surface area contributed by atoms with Crippen LogP contribution in [0.5, 0.6) is 0 Å². The summed E-state index contributed by atoms with van der Waals surface area (Å²) in [5.74, 6) is -1.08. The van der Waals surface area contributed by atoms with E-state index in [2.05, 4.69) is 0 Å². The predicted molar refractivity (Wildman–Crippen MR) is 10.7 cm³/mol. The van der Waals surface area contributed by atoms with Crippen LogP contribution in [-0.2, 0) is 4.79 Å². The smallest absolute Gasteiger partial charge is 0.550 e. The third-order valence-corrected chi connectivity index (χ3v) is 0. The minimum Gasteiger partial charge on any atom is -0.550 e. The largest absolute Gasteiger partial charge is 3.00 e. The van der Waals surface area contributed by atoms with Crippen LogP contribution in [-0.4, -0.2) is 5.97 Å². The van der Waals surface area contributed by atoms with Crippen LogP contribution in [0.3, 0.4) is 0 Å². The first-order valence-corrected chi connectivity index (χ1v) is 0.908. The molecular weight excluding hydrogens is 229 g/mol. The SMILES string of the molecule is CC(=O)[O-].[Yb+3]. The third kappa shape index (κ3) is 45.5. The van der Waals surface area contributed by atoms with Crippen LogP contribution in [0.1, 0.15) is 6.92 Å². The van der Waals surface area contributed by atoms with Gasteiger partial charge in [0, 0.05) is 5.97 Å². The van der Waals surface area contributed by atoms with E-state index in [1.165, 1.54) is 0 Å². The van der Waals surface area contributed by atoms with E-state index in [-0.39, 0.29) is 46.9 Å². The molecule has 0 aliphatic rings. The average Bonchev–Trinajstić information content (AvgIpc) is 0.811. The first-order chi connectivity index (χ1) is 1.73. The van der Waals surface area contributed by atoms with Crippen LogP contribution >= 0.6 is 0 Å². The molecule has 1 radical (unpaired) electrons. The molecule has 0 saturated heterocycles. The fourth-order valence-corrected chi connectivity index (χ4v) is 0. The van der Waals surface area contributed by atoms with Crippen LogP contribution in [0.15, 0.2) is 0 Å². The van der Waals surface area contributed by atoms with Crippen molar-refractivity contribution in [1.29, 1.82) is 0 Å². The zero-order chi connectivity index (χ0) is 3.58. The normalized spacial score (nSPS) is 5.00. The molecule has 0 fully saturated rings. The van der Waals surface area contributed by atoms with Crippen molar-refractivity contribution in [2.24, 2.45) is 0 Å². The summed E-state index contributed by atoms with van der Waals surface area (Å²) in [5.41, 5.74) is 0. The van der Waals surface area contributed by atoms with Crippen molar-refractivity contribution in [3.63, 3.8) is 0 Å². The molecule has 0 aliphatic heterocycles. The number of carboxylic acid groups (broad SMARTS) is 1. The molecule has 0 amide bonds. The Labute approximate surface area is 68.8 Å². The van der Waals surface area contributed by atoms with E-state index in [0.717, 1.165) is 6.92 Å². The summed E-state index contributed by atoms with van der Waals surface area (Å²) in [7, 11) is 0. The molecule has 2 nitrogen and oxygen atoms in total. The van der Waals surface area contributed by atoms with Crippen molar-refractivity contribution >= 4 is 5.97 Å². The number of carboxylic acids is 1. The summed E-state index contributed by atoms with van der Waals surface area (Å²) in [6, 6.07) is 0. The van der Waals surface area contributed by atoms with E-state index in [1.807, 2.05) is 0 Å². The Morgan fingerprint density at radius 2 is 1.80 bits per heavy atom. The van der Waals surface area contributed by atoms with Crippen molar-refractivity contribution in [1.82, 2.24) is 0 Å². The molecule has 0 aromatic rings. The predicted octanol–water partition coefficient (Wildman–Crippen LogP) is -1.24. The van der Waals surface area contributed by atoms with E-state index in [1.54, 1.807) is 0 Å². The van der Waals surface area contributed by atoms with Gasteiger partial charge in [0.25, 0.3) is 0 Å². The standard InChI is InChI=1S/C2H4O2.Yb/c1-2(3)4;/h1H3,(H,3,4);/q;+3/p-1. The molecule has 0 spiro atoms. The van der Waals surface area contributed by atoms with Gasteiger partial charge >= 0.3 is 46.9 Å². The summed E-state index contributed by atoms with van der Waals surface area (Å²) in [6.45, 7) is 0.972. The van der Waals surface area contributed by atoms with Gasteiger partial charge in [-0.15, -0.1) is 0 Å². The monoisotopic (exact) mass is 233 g/mol. The van der Waals surface area contributed by atoms with Gasteiger partial charge in [0.05, 0.1) is 0 Å². The Morgan fingerprint density at radius 3 is 1.80 bits per heavy atom. The van der Waals surface area contributed by atoms with E-state index >= 15 is 0 Å². The molecule has 0 saturated carbocycles. The first-order valence-electron chi connectivity index (χ1n) is 0.908. The molecule has 0 unspecified atom stereocenters. The zero-order valence-electron chi connectivity index (χ0n) is 2.58. The van der Waals surface area contributed by atoms with E-state index in [0.29, 0.717) is 0 Å². The number of hydrogen-bond acceptors (Lipinski definition) is 2. The minimum absolute atomic E-state index is 0. The van der Waals surface area contributed by atoms with Gasteiger partial charge in [0.15, 0.2) is 0 Å². The van der Waals surface area contributed by atoms with Gasteiger partial charge in [-0.25, -0.2) is 0 Å². The molecule has 0 atom stereocenters. The summed E-state index contributed by atoms with van der Waals surface area (Å²) in [4.78, 5) is 8.89. The van der Waals surface area contributed by atoms with E-state index in [9.17, 15) is 0 Å². The summed E-state index contributed by atoms with van der Waals surface area (Å²) in [6.07, 6.45) is 0. The van der Waals surface area contributed by atoms with E-state index in [4.69, 9.17) is 9.90 Å². The first kappa shape index (κ1) is 9.37.